The van der Waals surface area contributed by atoms with Crippen molar-refractivity contribution in [3.05, 3.63) is 35.9 Å². The molecule has 1 aromatic rings. The normalized spacial score (nSPS) is 22.5. The number of aliphatic imine (C=N–C) groups is 1. The van der Waals surface area contributed by atoms with E-state index >= 15 is 0 Å². The number of guanidine groups is 1. The maximum Gasteiger partial charge on any atom is 0.223 e. The van der Waals surface area contributed by atoms with Crippen molar-refractivity contribution in [2.75, 3.05) is 20.1 Å². The Labute approximate surface area is 132 Å². The zero-order chi connectivity index (χ0) is 16.1. The quantitative estimate of drug-likeness (QED) is 0.643. The fourth-order valence-corrected chi connectivity index (χ4v) is 2.85. The van der Waals surface area contributed by atoms with E-state index in [1.165, 1.54) is 5.56 Å². The molecule has 1 fully saturated rings. The summed E-state index contributed by atoms with van der Waals surface area (Å²) in [5, 5.41) is 3.17. The number of carbonyl (C=O) groups is 1. The molecule has 1 aliphatic heterocycles. The number of rotatable bonds is 5. The average Bonchev–Trinajstić information content (AvgIpc) is 2.79. The van der Waals surface area contributed by atoms with E-state index in [1.807, 2.05) is 30.1 Å². The molecule has 120 valence electrons. The summed E-state index contributed by atoms with van der Waals surface area (Å²) in [6.45, 7) is 5.58. The first-order valence-electron chi connectivity index (χ1n) is 7.83. The highest BCUT2D eigenvalue weighted by atomic mass is 16.2. The Morgan fingerprint density at radius 1 is 1.41 bits per heavy atom. The van der Waals surface area contributed by atoms with E-state index in [-0.39, 0.29) is 17.9 Å². The van der Waals surface area contributed by atoms with E-state index in [4.69, 9.17) is 5.73 Å². The summed E-state index contributed by atoms with van der Waals surface area (Å²) in [5.74, 6) is 1.32. The topological polar surface area (TPSA) is 70.7 Å². The number of amides is 1. The van der Waals surface area contributed by atoms with E-state index in [9.17, 15) is 4.79 Å². The van der Waals surface area contributed by atoms with Crippen molar-refractivity contribution in [3.63, 3.8) is 0 Å². The number of nitrogens with zero attached hydrogens (tertiary/aromatic N) is 2. The zero-order valence-electron chi connectivity index (χ0n) is 13.6. The second-order valence-corrected chi connectivity index (χ2v) is 6.33. The predicted molar refractivity (Wildman–Crippen MR) is 89.4 cm³/mol. The number of likely N-dealkylation sites (tertiary alicyclic amines) is 1. The van der Waals surface area contributed by atoms with Gasteiger partial charge in [0.05, 0.1) is 6.04 Å². The largest absolute Gasteiger partial charge is 0.370 e. The van der Waals surface area contributed by atoms with Crippen LogP contribution in [-0.4, -0.2) is 36.9 Å². The van der Waals surface area contributed by atoms with Gasteiger partial charge in [0.1, 0.15) is 0 Å². The molecule has 0 aromatic heterocycles. The molecule has 0 aliphatic carbocycles. The minimum Gasteiger partial charge on any atom is -0.370 e. The molecule has 22 heavy (non-hydrogen) atoms. The fourth-order valence-electron chi connectivity index (χ4n) is 2.85. The lowest BCUT2D eigenvalue weighted by atomic mass is 9.94. The number of carbonyl (C=O) groups excluding carboxylic acids is 1. The fraction of sp³-hybridized carbons (Fsp3) is 0.529. The van der Waals surface area contributed by atoms with Gasteiger partial charge in [-0.3, -0.25) is 9.79 Å². The molecule has 0 bridgehead atoms. The zero-order valence-corrected chi connectivity index (χ0v) is 13.6. The maximum atomic E-state index is 12.1. The van der Waals surface area contributed by atoms with Gasteiger partial charge in [0.25, 0.3) is 0 Å². The minimum atomic E-state index is 0.0964. The van der Waals surface area contributed by atoms with Gasteiger partial charge < -0.3 is 16.0 Å². The Morgan fingerprint density at radius 2 is 2.09 bits per heavy atom. The molecule has 1 amide bonds. The summed E-state index contributed by atoms with van der Waals surface area (Å²) in [7, 11) is 1.87. The van der Waals surface area contributed by atoms with Gasteiger partial charge >= 0.3 is 0 Å². The monoisotopic (exact) mass is 302 g/mol. The second kappa shape index (κ2) is 7.29. The van der Waals surface area contributed by atoms with Crippen LogP contribution in [0.25, 0.3) is 0 Å². The van der Waals surface area contributed by atoms with Crippen molar-refractivity contribution in [3.8, 4) is 0 Å². The summed E-state index contributed by atoms with van der Waals surface area (Å²) < 4.78 is 0. The van der Waals surface area contributed by atoms with Crippen LogP contribution in [0.1, 0.15) is 31.9 Å². The molecule has 2 atom stereocenters. The highest BCUT2D eigenvalue weighted by Gasteiger charge is 2.38. The second-order valence-electron chi connectivity index (χ2n) is 6.33. The van der Waals surface area contributed by atoms with Gasteiger partial charge in [0.15, 0.2) is 5.96 Å². The highest BCUT2D eigenvalue weighted by Crippen LogP contribution is 2.36. The van der Waals surface area contributed by atoms with Gasteiger partial charge in [0.2, 0.25) is 5.91 Å². The summed E-state index contributed by atoms with van der Waals surface area (Å²) in [6, 6.07) is 10.2. The lowest BCUT2D eigenvalue weighted by molar-refractivity contribution is -0.127. The van der Waals surface area contributed by atoms with Crippen molar-refractivity contribution >= 4 is 11.9 Å². The molecule has 0 saturated carbocycles. The molecule has 0 radical (unpaired) electrons. The Hall–Kier alpha value is -2.04. The van der Waals surface area contributed by atoms with Gasteiger partial charge in [-0.15, -0.1) is 0 Å². The van der Waals surface area contributed by atoms with E-state index in [2.05, 4.69) is 36.3 Å². The maximum absolute atomic E-state index is 12.1. The lowest BCUT2D eigenvalue weighted by Crippen LogP contribution is -2.37. The van der Waals surface area contributed by atoms with E-state index < -0.39 is 0 Å². The van der Waals surface area contributed by atoms with Gasteiger partial charge in [-0.1, -0.05) is 44.2 Å². The van der Waals surface area contributed by atoms with Gasteiger partial charge in [-0.2, -0.15) is 0 Å². The van der Waals surface area contributed by atoms with Crippen molar-refractivity contribution in [1.29, 1.82) is 0 Å². The number of nitrogens with two attached hydrogens (primary N) is 1. The molecular weight excluding hydrogens is 276 g/mol. The molecule has 1 aliphatic rings. The molecule has 2 rings (SSSR count). The first-order chi connectivity index (χ1) is 10.5. The van der Waals surface area contributed by atoms with E-state index in [1.54, 1.807) is 0 Å². The molecule has 1 aromatic carbocycles. The van der Waals surface area contributed by atoms with Gasteiger partial charge in [-0.25, -0.2) is 0 Å². The van der Waals surface area contributed by atoms with Crippen molar-refractivity contribution < 1.29 is 4.79 Å². The molecule has 3 N–H and O–H groups in total. The molecule has 0 spiro atoms. The average molecular weight is 302 g/mol. The van der Waals surface area contributed by atoms with Crippen molar-refractivity contribution in [2.24, 2.45) is 22.6 Å². The van der Waals surface area contributed by atoms with Crippen LogP contribution in [0.15, 0.2) is 35.3 Å². The number of hydrogen-bond acceptors (Lipinski definition) is 2. The van der Waals surface area contributed by atoms with Crippen LogP contribution in [0, 0.1) is 11.8 Å². The molecule has 5 nitrogen and oxygen atoms in total. The lowest BCUT2D eigenvalue weighted by Gasteiger charge is -2.25. The van der Waals surface area contributed by atoms with Crippen LogP contribution >= 0.6 is 0 Å². The summed E-state index contributed by atoms with van der Waals surface area (Å²) in [4.78, 5) is 18.2. The van der Waals surface area contributed by atoms with E-state index in [0.717, 1.165) is 0 Å². The number of benzene rings is 1. The summed E-state index contributed by atoms with van der Waals surface area (Å²) in [5.41, 5.74) is 7.06. The van der Waals surface area contributed by atoms with Gasteiger partial charge in [-0.05, 0) is 11.5 Å². The Balaban J connectivity index is 2.02. The van der Waals surface area contributed by atoms with Crippen LogP contribution in [0.5, 0.6) is 0 Å². The standard InChI is InChI=1S/C17H26N4O/c1-12(2)10-19-17(18)20-11-14-9-15(22)21(3)16(14)13-7-5-4-6-8-13/h4-8,12,14,16H,9-11H2,1-3H3,(H3,18,19,20). The Morgan fingerprint density at radius 3 is 2.73 bits per heavy atom. The first kappa shape index (κ1) is 16.3. The summed E-state index contributed by atoms with van der Waals surface area (Å²) >= 11 is 0. The number of hydrogen-bond donors (Lipinski definition) is 2. The van der Waals surface area contributed by atoms with Crippen LogP contribution in [0.4, 0.5) is 0 Å². The SMILES string of the molecule is CC(C)CN=C(N)NCC1CC(=O)N(C)C1c1ccccc1. The van der Waals surface area contributed by atoms with Gasteiger partial charge in [0, 0.05) is 32.5 Å². The first-order valence-corrected chi connectivity index (χ1v) is 7.83. The third kappa shape index (κ3) is 4.00. The molecule has 1 heterocycles. The Kier molecular flexibility index (Phi) is 5.41. The minimum absolute atomic E-state index is 0.0964. The smallest absolute Gasteiger partial charge is 0.223 e. The molecule has 5 heteroatoms. The third-order valence-electron chi connectivity index (χ3n) is 4.01. The summed E-state index contributed by atoms with van der Waals surface area (Å²) in [6.07, 6.45) is 0.542. The molecule has 2 unspecified atom stereocenters. The Bertz CT molecular complexity index is 527. The van der Waals surface area contributed by atoms with Crippen molar-refractivity contribution in [1.82, 2.24) is 10.2 Å². The van der Waals surface area contributed by atoms with E-state index in [0.29, 0.717) is 31.4 Å². The van der Waals surface area contributed by atoms with Crippen LogP contribution in [0.3, 0.4) is 0 Å². The van der Waals surface area contributed by atoms with Crippen molar-refractivity contribution in [2.45, 2.75) is 26.3 Å². The molecule has 1 saturated heterocycles. The molecular formula is C17H26N4O. The highest BCUT2D eigenvalue weighted by molar-refractivity contribution is 5.80. The van der Waals surface area contributed by atoms with Crippen LogP contribution in [-0.2, 0) is 4.79 Å². The van der Waals surface area contributed by atoms with Crippen LogP contribution in [0.2, 0.25) is 0 Å². The third-order valence-corrected chi connectivity index (χ3v) is 4.01. The predicted octanol–water partition coefficient (Wildman–Crippen LogP) is 1.77. The van der Waals surface area contributed by atoms with Crippen LogP contribution < -0.4 is 11.1 Å². The number of nitrogens with one attached hydrogen (secondary N) is 1.